The number of hydrogen-bond acceptors (Lipinski definition) is 11. The summed E-state index contributed by atoms with van der Waals surface area (Å²) in [4.78, 5) is 66.4. The maximum atomic E-state index is 12.6. The smallest absolute Gasteiger partial charge is 0.410 e. The Labute approximate surface area is 266 Å². The molecular formula is C32H36N8O6. The van der Waals surface area contributed by atoms with Crippen molar-refractivity contribution in [3.63, 3.8) is 0 Å². The van der Waals surface area contributed by atoms with E-state index in [1.54, 1.807) is 35.2 Å². The summed E-state index contributed by atoms with van der Waals surface area (Å²) in [6.07, 6.45) is 7.51. The van der Waals surface area contributed by atoms with Crippen molar-refractivity contribution >= 4 is 52.8 Å². The number of piperazine rings is 1. The van der Waals surface area contributed by atoms with Gasteiger partial charge in [-0.3, -0.25) is 24.6 Å². The molecule has 1 saturated carbocycles. The molecule has 0 atom stereocenters. The van der Waals surface area contributed by atoms with Crippen molar-refractivity contribution < 1.29 is 24.0 Å². The average molecular weight is 629 g/mol. The van der Waals surface area contributed by atoms with E-state index in [1.807, 2.05) is 13.0 Å². The van der Waals surface area contributed by atoms with Crippen molar-refractivity contribution in [1.29, 1.82) is 0 Å². The number of allylic oxidation sites excluding steroid dienone is 2. The molecule has 2 fully saturated rings. The highest BCUT2D eigenvalue weighted by Crippen LogP contribution is 2.33. The van der Waals surface area contributed by atoms with Crippen molar-refractivity contribution in [3.05, 3.63) is 70.0 Å². The number of hydrogen-bond donors (Lipinski definition) is 1. The number of nitro benzene ring substituents is 1. The number of ketones is 1. The lowest BCUT2D eigenvalue weighted by molar-refractivity contribution is -0.384. The molecule has 14 nitrogen and oxygen atoms in total. The molecule has 0 radical (unpaired) electrons. The van der Waals surface area contributed by atoms with Gasteiger partial charge in [-0.1, -0.05) is 12.8 Å². The SMILES string of the molecule is CC(=O)/C(C)=C(\C)c1cnc(Nc2ccc(N3CCN(C(=O)Oc4ccc([N+](=O)[O-])cc4)CC3)cn2)nc1N(C=O)C1CCCC1. The van der Waals surface area contributed by atoms with Gasteiger partial charge in [-0.25, -0.2) is 14.8 Å². The highest BCUT2D eigenvalue weighted by atomic mass is 16.6. The number of carbonyl (C=O) groups excluding carboxylic acids is 3. The van der Waals surface area contributed by atoms with Crippen LogP contribution in [0, 0.1) is 10.1 Å². The highest BCUT2D eigenvalue weighted by molar-refractivity contribution is 6.01. The van der Waals surface area contributed by atoms with E-state index in [0.29, 0.717) is 49.0 Å². The number of amides is 2. The molecule has 2 aliphatic rings. The van der Waals surface area contributed by atoms with Gasteiger partial charge in [-0.15, -0.1) is 0 Å². The van der Waals surface area contributed by atoms with E-state index in [-0.39, 0.29) is 29.2 Å². The molecule has 3 aromatic rings. The van der Waals surface area contributed by atoms with Crippen molar-refractivity contribution in [2.24, 2.45) is 0 Å². The molecule has 5 rings (SSSR count). The second-order valence-electron chi connectivity index (χ2n) is 11.3. The molecule has 2 aromatic heterocycles. The predicted molar refractivity (Wildman–Crippen MR) is 172 cm³/mol. The van der Waals surface area contributed by atoms with Crippen molar-refractivity contribution in [3.8, 4) is 5.75 Å². The molecule has 14 heteroatoms. The summed E-state index contributed by atoms with van der Waals surface area (Å²) in [7, 11) is 0. The van der Waals surface area contributed by atoms with Crippen LogP contribution in [-0.2, 0) is 9.59 Å². The second-order valence-corrected chi connectivity index (χ2v) is 11.3. The third-order valence-corrected chi connectivity index (χ3v) is 8.48. The van der Waals surface area contributed by atoms with E-state index >= 15 is 0 Å². The predicted octanol–water partition coefficient (Wildman–Crippen LogP) is 5.13. The summed E-state index contributed by atoms with van der Waals surface area (Å²) in [5.74, 6) is 1.43. The summed E-state index contributed by atoms with van der Waals surface area (Å²) in [6, 6.07) is 9.13. The maximum absolute atomic E-state index is 12.6. The minimum absolute atomic E-state index is 0.0338. The summed E-state index contributed by atoms with van der Waals surface area (Å²) >= 11 is 0. The molecule has 1 aromatic carbocycles. The van der Waals surface area contributed by atoms with Gasteiger partial charge in [0.25, 0.3) is 5.69 Å². The van der Waals surface area contributed by atoms with E-state index in [1.165, 1.54) is 31.2 Å². The largest absolute Gasteiger partial charge is 0.415 e. The molecule has 1 aliphatic heterocycles. The number of anilines is 4. The van der Waals surface area contributed by atoms with Gasteiger partial charge in [0.2, 0.25) is 12.4 Å². The van der Waals surface area contributed by atoms with Gasteiger partial charge in [-0.05, 0) is 69.0 Å². The number of pyridine rings is 1. The lowest BCUT2D eigenvalue weighted by Crippen LogP contribution is -2.49. The van der Waals surface area contributed by atoms with Gasteiger partial charge < -0.3 is 19.9 Å². The van der Waals surface area contributed by atoms with Crippen LogP contribution in [-0.4, -0.2) is 75.3 Å². The third kappa shape index (κ3) is 7.28. The normalized spacial score (nSPS) is 15.6. The lowest BCUT2D eigenvalue weighted by atomic mass is 10.0. The van der Waals surface area contributed by atoms with Crippen LogP contribution in [0.4, 0.5) is 33.8 Å². The van der Waals surface area contributed by atoms with Crippen LogP contribution >= 0.6 is 0 Å². The topological polar surface area (TPSA) is 164 Å². The number of nitro groups is 1. The van der Waals surface area contributed by atoms with Gasteiger partial charge in [0.15, 0.2) is 5.78 Å². The van der Waals surface area contributed by atoms with E-state index in [0.717, 1.165) is 43.4 Å². The Bertz CT molecular complexity index is 1630. The molecule has 0 bridgehead atoms. The van der Waals surface area contributed by atoms with Gasteiger partial charge >= 0.3 is 6.09 Å². The molecule has 1 N–H and O–H groups in total. The quantitative estimate of drug-likeness (QED) is 0.137. The van der Waals surface area contributed by atoms with E-state index in [9.17, 15) is 24.5 Å². The van der Waals surface area contributed by atoms with Gasteiger partial charge in [-0.2, -0.15) is 4.98 Å². The fourth-order valence-corrected chi connectivity index (χ4v) is 5.56. The van der Waals surface area contributed by atoms with Crippen LogP contribution < -0.4 is 19.9 Å². The van der Waals surface area contributed by atoms with E-state index in [2.05, 4.69) is 20.2 Å². The standard InChI is InChI=1S/C32H36N8O6/c1-21(23(3)42)22(2)28-19-34-31(36-30(28)39(20-41)24-6-4-5-7-24)35-29-13-10-26(18-33-29)37-14-16-38(17-15-37)32(43)46-27-11-8-25(9-12-27)40(44)45/h8-13,18-20,24H,4-7,14-17H2,1-3H3,(H,33,34,35,36)/b22-21+. The first-order chi connectivity index (χ1) is 22.1. The monoisotopic (exact) mass is 628 g/mol. The summed E-state index contributed by atoms with van der Waals surface area (Å²) in [6.45, 7) is 7.09. The van der Waals surface area contributed by atoms with Gasteiger partial charge in [0.1, 0.15) is 17.4 Å². The second kappa shape index (κ2) is 14.1. The Kier molecular flexibility index (Phi) is 9.84. The number of ether oxygens (including phenoxy) is 1. The van der Waals surface area contributed by atoms with Crippen molar-refractivity contribution in [2.45, 2.75) is 52.5 Å². The zero-order chi connectivity index (χ0) is 32.8. The zero-order valence-corrected chi connectivity index (χ0v) is 26.0. The highest BCUT2D eigenvalue weighted by Gasteiger charge is 2.27. The number of nitrogens with one attached hydrogen (secondary N) is 1. The molecule has 2 amide bonds. The first-order valence-corrected chi connectivity index (χ1v) is 15.1. The van der Waals surface area contributed by atoms with Crippen LogP contribution in [0.25, 0.3) is 5.57 Å². The Morgan fingerprint density at radius 3 is 2.28 bits per heavy atom. The fraction of sp³-hybridized carbons (Fsp3) is 0.375. The van der Waals surface area contributed by atoms with E-state index < -0.39 is 11.0 Å². The molecule has 240 valence electrons. The van der Waals surface area contributed by atoms with Crippen LogP contribution in [0.3, 0.4) is 0 Å². The number of aromatic nitrogens is 3. The summed E-state index contributed by atoms with van der Waals surface area (Å²) in [5, 5.41) is 14.0. The minimum Gasteiger partial charge on any atom is -0.410 e. The summed E-state index contributed by atoms with van der Waals surface area (Å²) < 4.78 is 5.38. The summed E-state index contributed by atoms with van der Waals surface area (Å²) in [5.41, 5.74) is 2.74. The number of benzene rings is 1. The molecule has 46 heavy (non-hydrogen) atoms. The van der Waals surface area contributed by atoms with Crippen molar-refractivity contribution in [2.75, 3.05) is 41.3 Å². The van der Waals surface area contributed by atoms with Gasteiger partial charge in [0.05, 0.1) is 16.8 Å². The van der Waals surface area contributed by atoms with Crippen molar-refractivity contribution in [1.82, 2.24) is 19.9 Å². The van der Waals surface area contributed by atoms with Crippen LogP contribution in [0.5, 0.6) is 5.75 Å². The number of carbonyl (C=O) groups is 3. The minimum atomic E-state index is -0.514. The number of rotatable bonds is 10. The number of nitrogens with zero attached hydrogens (tertiary/aromatic N) is 7. The Morgan fingerprint density at radius 1 is 1.00 bits per heavy atom. The molecule has 1 saturated heterocycles. The van der Waals surface area contributed by atoms with Crippen LogP contribution in [0.2, 0.25) is 0 Å². The third-order valence-electron chi connectivity index (χ3n) is 8.48. The van der Waals surface area contributed by atoms with Crippen LogP contribution in [0.15, 0.2) is 54.4 Å². The Hall–Kier alpha value is -5.40. The maximum Gasteiger partial charge on any atom is 0.415 e. The molecule has 0 unspecified atom stereocenters. The molecular weight excluding hydrogens is 592 g/mol. The Balaban J connectivity index is 1.24. The zero-order valence-electron chi connectivity index (χ0n) is 26.0. The molecule has 3 heterocycles. The molecule has 1 aliphatic carbocycles. The van der Waals surface area contributed by atoms with Crippen LogP contribution in [0.1, 0.15) is 52.0 Å². The molecule has 0 spiro atoms. The number of non-ortho nitro benzene ring substituents is 1. The van der Waals surface area contributed by atoms with Gasteiger partial charge in [0, 0.05) is 56.1 Å². The number of Topliss-reactive ketones (excluding diaryl/α,β-unsaturated/α-hetero) is 1. The lowest BCUT2D eigenvalue weighted by Gasteiger charge is -2.35. The average Bonchev–Trinajstić information content (AvgIpc) is 3.60. The Morgan fingerprint density at radius 2 is 1.70 bits per heavy atom. The first kappa shape index (κ1) is 32.0. The fourth-order valence-electron chi connectivity index (χ4n) is 5.56. The first-order valence-electron chi connectivity index (χ1n) is 15.1. The van der Waals surface area contributed by atoms with E-state index in [4.69, 9.17) is 9.72 Å².